The van der Waals surface area contributed by atoms with E-state index in [-0.39, 0.29) is 36.7 Å². The summed E-state index contributed by atoms with van der Waals surface area (Å²) >= 11 is 0. The first kappa shape index (κ1) is 20.9. The van der Waals surface area contributed by atoms with Gasteiger partial charge in [0.2, 0.25) is 11.8 Å². The molecule has 0 aliphatic carbocycles. The van der Waals surface area contributed by atoms with E-state index in [4.69, 9.17) is 4.74 Å². The van der Waals surface area contributed by atoms with Crippen molar-refractivity contribution < 1.29 is 19.4 Å². The number of unbranched alkanes of at least 4 members (excludes halogenated alkanes) is 2. The van der Waals surface area contributed by atoms with E-state index in [2.05, 4.69) is 12.2 Å². The molecule has 1 rings (SSSR count). The van der Waals surface area contributed by atoms with Crippen molar-refractivity contribution >= 4 is 11.8 Å². The molecule has 1 aliphatic rings. The number of hydrogen-bond acceptors (Lipinski definition) is 4. The van der Waals surface area contributed by atoms with E-state index < -0.39 is 0 Å². The molecule has 6 nitrogen and oxygen atoms in total. The van der Waals surface area contributed by atoms with Gasteiger partial charge in [-0.1, -0.05) is 19.8 Å². The Hall–Kier alpha value is -1.14. The third kappa shape index (κ3) is 8.11. The molecular formula is C18H34N2O4. The van der Waals surface area contributed by atoms with Crippen LogP contribution in [0, 0.1) is 0 Å². The molecule has 0 saturated carbocycles. The first-order chi connectivity index (χ1) is 11.5. The molecule has 0 aromatic carbocycles. The van der Waals surface area contributed by atoms with Gasteiger partial charge in [-0.25, -0.2) is 0 Å². The van der Waals surface area contributed by atoms with E-state index in [9.17, 15) is 14.7 Å². The Balaban J connectivity index is 2.27. The molecule has 0 aromatic heterocycles. The number of hydrogen-bond donors (Lipinski definition) is 2. The number of carbonyl (C=O) groups excluding carboxylic acids is 2. The Morgan fingerprint density at radius 3 is 2.67 bits per heavy atom. The monoisotopic (exact) mass is 342 g/mol. The first-order valence-corrected chi connectivity index (χ1v) is 9.29. The second kappa shape index (κ2) is 11.4. The third-order valence-corrected chi connectivity index (χ3v) is 4.26. The average Bonchev–Trinajstić information content (AvgIpc) is 2.99. The smallest absolute Gasteiger partial charge is 0.222 e. The normalized spacial score (nSPS) is 18.9. The molecule has 0 aromatic rings. The highest BCUT2D eigenvalue weighted by atomic mass is 16.5. The van der Waals surface area contributed by atoms with Crippen molar-refractivity contribution in [1.82, 2.24) is 10.2 Å². The molecular weight excluding hydrogens is 308 g/mol. The van der Waals surface area contributed by atoms with E-state index in [0.717, 1.165) is 32.2 Å². The fourth-order valence-electron chi connectivity index (χ4n) is 2.95. The maximum Gasteiger partial charge on any atom is 0.222 e. The summed E-state index contributed by atoms with van der Waals surface area (Å²) in [6, 6.07) is -0.339. The lowest BCUT2D eigenvalue weighted by Gasteiger charge is -2.20. The summed E-state index contributed by atoms with van der Waals surface area (Å²) < 4.78 is 5.75. The third-order valence-electron chi connectivity index (χ3n) is 4.26. The van der Waals surface area contributed by atoms with E-state index in [0.29, 0.717) is 25.8 Å². The van der Waals surface area contributed by atoms with Crippen molar-refractivity contribution in [3.63, 3.8) is 0 Å². The van der Waals surface area contributed by atoms with Gasteiger partial charge in [-0.05, 0) is 33.1 Å². The largest absolute Gasteiger partial charge is 0.394 e. The molecule has 0 spiro atoms. The second-order valence-electron chi connectivity index (χ2n) is 6.88. The molecule has 140 valence electrons. The molecule has 2 unspecified atom stereocenters. The van der Waals surface area contributed by atoms with Crippen LogP contribution in [-0.4, -0.2) is 59.8 Å². The van der Waals surface area contributed by atoms with Crippen LogP contribution in [0.25, 0.3) is 0 Å². The maximum absolute atomic E-state index is 12.3. The molecule has 6 heteroatoms. The molecule has 2 atom stereocenters. The highest BCUT2D eigenvalue weighted by molar-refractivity contribution is 5.77. The van der Waals surface area contributed by atoms with Crippen LogP contribution in [0.1, 0.15) is 65.7 Å². The van der Waals surface area contributed by atoms with Crippen molar-refractivity contribution in [3.8, 4) is 0 Å². The predicted molar refractivity (Wildman–Crippen MR) is 93.6 cm³/mol. The maximum atomic E-state index is 12.3. The number of nitrogens with one attached hydrogen (secondary N) is 1. The van der Waals surface area contributed by atoms with Crippen molar-refractivity contribution in [2.24, 2.45) is 0 Å². The van der Waals surface area contributed by atoms with E-state index in [1.54, 1.807) is 0 Å². The van der Waals surface area contributed by atoms with Crippen molar-refractivity contribution in [3.05, 3.63) is 0 Å². The summed E-state index contributed by atoms with van der Waals surface area (Å²) in [4.78, 5) is 25.9. The number of nitrogens with zero attached hydrogens (tertiary/aromatic N) is 1. The second-order valence-corrected chi connectivity index (χ2v) is 6.88. The summed E-state index contributed by atoms with van der Waals surface area (Å²) in [6.07, 6.45) is 5.44. The van der Waals surface area contributed by atoms with Gasteiger partial charge in [0.15, 0.2) is 0 Å². The van der Waals surface area contributed by atoms with Crippen molar-refractivity contribution in [1.29, 1.82) is 0 Å². The lowest BCUT2D eigenvalue weighted by atomic mass is 10.1. The molecule has 1 fully saturated rings. The zero-order valence-corrected chi connectivity index (χ0v) is 15.4. The molecule has 2 amide bonds. The number of ether oxygens (including phenoxy) is 1. The zero-order valence-electron chi connectivity index (χ0n) is 15.4. The van der Waals surface area contributed by atoms with E-state index in [1.165, 1.54) is 0 Å². The Bertz CT molecular complexity index is 387. The molecule has 1 heterocycles. The Morgan fingerprint density at radius 1 is 1.29 bits per heavy atom. The summed E-state index contributed by atoms with van der Waals surface area (Å²) in [5.41, 5.74) is 0. The first-order valence-electron chi connectivity index (χ1n) is 9.29. The van der Waals surface area contributed by atoms with Crippen LogP contribution in [-0.2, 0) is 14.3 Å². The van der Waals surface area contributed by atoms with Gasteiger partial charge in [0, 0.05) is 25.9 Å². The summed E-state index contributed by atoms with van der Waals surface area (Å²) in [7, 11) is 0. The van der Waals surface area contributed by atoms with Crippen LogP contribution in [0.15, 0.2) is 0 Å². The number of carbonyl (C=O) groups is 2. The lowest BCUT2D eigenvalue weighted by molar-refractivity contribution is -0.131. The highest BCUT2D eigenvalue weighted by Crippen LogP contribution is 2.16. The van der Waals surface area contributed by atoms with Gasteiger partial charge >= 0.3 is 0 Å². The van der Waals surface area contributed by atoms with Gasteiger partial charge < -0.3 is 20.1 Å². The number of aliphatic hydroxyl groups excluding tert-OH is 1. The Morgan fingerprint density at radius 2 is 2.04 bits per heavy atom. The minimum atomic E-state index is -0.339. The molecule has 1 aliphatic heterocycles. The van der Waals surface area contributed by atoms with Crippen LogP contribution in [0.4, 0.5) is 0 Å². The van der Waals surface area contributed by atoms with E-state index in [1.807, 2.05) is 18.7 Å². The van der Waals surface area contributed by atoms with Crippen LogP contribution in [0.5, 0.6) is 0 Å². The highest BCUT2D eigenvalue weighted by Gasteiger charge is 2.27. The number of likely N-dealkylation sites (tertiary alicyclic amines) is 1. The van der Waals surface area contributed by atoms with Gasteiger partial charge in [0.1, 0.15) is 0 Å². The minimum absolute atomic E-state index is 0.0403. The number of aliphatic hydroxyl groups is 1. The van der Waals surface area contributed by atoms with Crippen LogP contribution in [0.3, 0.4) is 0 Å². The standard InChI is InChI=1S/C18H34N2O4/c1-4-5-6-7-17(22)19-15(13-21)8-9-18(23)20-11-10-16(12-20)24-14(2)3/h14-16,21H,4-13H2,1-3H3,(H,19,22). The van der Waals surface area contributed by atoms with Crippen LogP contribution >= 0.6 is 0 Å². The Labute approximate surface area is 145 Å². The number of rotatable bonds is 11. The fourth-order valence-corrected chi connectivity index (χ4v) is 2.95. The van der Waals surface area contributed by atoms with Gasteiger partial charge in [0.05, 0.1) is 24.9 Å². The quantitative estimate of drug-likeness (QED) is 0.562. The molecule has 24 heavy (non-hydrogen) atoms. The van der Waals surface area contributed by atoms with Gasteiger partial charge in [-0.2, -0.15) is 0 Å². The van der Waals surface area contributed by atoms with Gasteiger partial charge in [-0.3, -0.25) is 9.59 Å². The van der Waals surface area contributed by atoms with Crippen LogP contribution in [0.2, 0.25) is 0 Å². The molecule has 2 N–H and O–H groups in total. The van der Waals surface area contributed by atoms with Crippen molar-refractivity contribution in [2.45, 2.75) is 84.0 Å². The predicted octanol–water partition coefficient (Wildman–Crippen LogP) is 1.85. The molecule has 0 radical (unpaired) electrons. The van der Waals surface area contributed by atoms with E-state index >= 15 is 0 Å². The lowest BCUT2D eigenvalue weighted by Crippen LogP contribution is -2.39. The number of amides is 2. The molecule has 0 bridgehead atoms. The summed E-state index contributed by atoms with van der Waals surface area (Å²) in [5.74, 6) is 0.0325. The van der Waals surface area contributed by atoms with Gasteiger partial charge in [-0.15, -0.1) is 0 Å². The van der Waals surface area contributed by atoms with Crippen LogP contribution < -0.4 is 5.32 Å². The SMILES string of the molecule is CCCCCC(=O)NC(CO)CCC(=O)N1CCC(OC(C)C)C1. The summed E-state index contributed by atoms with van der Waals surface area (Å²) in [5, 5.41) is 12.2. The van der Waals surface area contributed by atoms with Gasteiger partial charge in [0.25, 0.3) is 0 Å². The summed E-state index contributed by atoms with van der Waals surface area (Å²) in [6.45, 7) is 7.33. The zero-order chi connectivity index (χ0) is 17.9. The minimum Gasteiger partial charge on any atom is -0.394 e. The van der Waals surface area contributed by atoms with Crippen molar-refractivity contribution in [2.75, 3.05) is 19.7 Å². The molecule has 1 saturated heterocycles. The fraction of sp³-hybridized carbons (Fsp3) is 0.889. The average molecular weight is 342 g/mol. The topological polar surface area (TPSA) is 78.9 Å². The Kier molecular flexibility index (Phi) is 9.95.